The summed E-state index contributed by atoms with van der Waals surface area (Å²) < 4.78 is 12.8. The molecule has 4 rings (SSSR count). The Bertz CT molecular complexity index is 1450. The molecular formula is C27H27ClN4O4S2. The number of rotatable bonds is 10. The van der Waals surface area contributed by atoms with Crippen molar-refractivity contribution in [3.8, 4) is 16.9 Å². The van der Waals surface area contributed by atoms with Crippen LogP contribution in [0.3, 0.4) is 0 Å². The Balaban J connectivity index is 1.45. The van der Waals surface area contributed by atoms with E-state index in [1.165, 1.54) is 30.2 Å². The fourth-order valence-corrected chi connectivity index (χ4v) is 5.96. The van der Waals surface area contributed by atoms with Crippen LogP contribution < -0.4 is 10.1 Å². The maximum Gasteiger partial charge on any atom is 0.341 e. The number of hydrogen-bond donors (Lipinski definition) is 1. The molecule has 0 saturated heterocycles. The first-order valence-electron chi connectivity index (χ1n) is 11.8. The Kier molecular flexibility index (Phi) is 9.09. The van der Waals surface area contributed by atoms with Crippen molar-refractivity contribution in [2.24, 2.45) is 0 Å². The van der Waals surface area contributed by atoms with Gasteiger partial charge in [0.05, 0.1) is 17.9 Å². The number of benzene rings is 2. The molecule has 0 aliphatic carbocycles. The van der Waals surface area contributed by atoms with Crippen LogP contribution in [0.5, 0.6) is 5.75 Å². The van der Waals surface area contributed by atoms with Crippen LogP contribution in [0.4, 0.5) is 5.00 Å². The first-order valence-corrected chi connectivity index (χ1v) is 14.0. The lowest BCUT2D eigenvalue weighted by Crippen LogP contribution is -2.16. The summed E-state index contributed by atoms with van der Waals surface area (Å²) in [5, 5.41) is 13.0. The van der Waals surface area contributed by atoms with Gasteiger partial charge < -0.3 is 19.4 Å². The lowest BCUT2D eigenvalue weighted by molar-refractivity contribution is -0.113. The van der Waals surface area contributed by atoms with Gasteiger partial charge in [0.2, 0.25) is 5.91 Å². The summed E-state index contributed by atoms with van der Waals surface area (Å²) >= 11 is 8.84. The van der Waals surface area contributed by atoms with E-state index in [1.807, 2.05) is 67.8 Å². The average Bonchev–Trinajstić information content (AvgIpc) is 3.47. The van der Waals surface area contributed by atoms with Crippen molar-refractivity contribution < 1.29 is 19.1 Å². The second kappa shape index (κ2) is 12.5. The number of aromatic nitrogens is 3. The van der Waals surface area contributed by atoms with E-state index in [0.717, 1.165) is 21.6 Å². The number of esters is 1. The SMILES string of the molecule is CCn1c(COc2cc(C)ccc2Cl)nnc1SCC(=O)Nc1sc(C)c(-c2ccccc2)c1C(=O)OC. The molecule has 11 heteroatoms. The molecular weight excluding hydrogens is 544 g/mol. The molecule has 0 bridgehead atoms. The Morgan fingerprint density at radius 2 is 1.89 bits per heavy atom. The number of thiophene rings is 1. The second-order valence-electron chi connectivity index (χ2n) is 8.30. The van der Waals surface area contributed by atoms with Crippen LogP contribution in [-0.2, 0) is 22.7 Å². The summed E-state index contributed by atoms with van der Waals surface area (Å²) in [6.45, 7) is 6.65. The van der Waals surface area contributed by atoms with Crippen molar-refractivity contribution in [2.45, 2.75) is 39.1 Å². The summed E-state index contributed by atoms with van der Waals surface area (Å²) in [7, 11) is 1.33. The van der Waals surface area contributed by atoms with E-state index in [9.17, 15) is 9.59 Å². The number of hydrogen-bond acceptors (Lipinski definition) is 8. The minimum Gasteiger partial charge on any atom is -0.484 e. The lowest BCUT2D eigenvalue weighted by Gasteiger charge is -2.10. The molecule has 0 aliphatic rings. The molecule has 0 aliphatic heterocycles. The molecule has 8 nitrogen and oxygen atoms in total. The maximum absolute atomic E-state index is 12.9. The summed E-state index contributed by atoms with van der Waals surface area (Å²) in [6.07, 6.45) is 0. The highest BCUT2D eigenvalue weighted by atomic mass is 35.5. The number of methoxy groups -OCH3 is 1. The molecule has 198 valence electrons. The fourth-order valence-electron chi connectivity index (χ4n) is 3.89. The van der Waals surface area contributed by atoms with Crippen LogP contribution in [0.25, 0.3) is 11.1 Å². The number of nitrogens with one attached hydrogen (secondary N) is 1. The smallest absolute Gasteiger partial charge is 0.341 e. The van der Waals surface area contributed by atoms with Crippen molar-refractivity contribution in [1.29, 1.82) is 0 Å². The minimum atomic E-state index is -0.500. The summed E-state index contributed by atoms with van der Waals surface area (Å²) in [5.74, 6) is 0.521. The number of ether oxygens (including phenoxy) is 2. The van der Waals surface area contributed by atoms with Crippen LogP contribution in [-0.4, -0.2) is 39.5 Å². The van der Waals surface area contributed by atoms with Crippen LogP contribution in [0.2, 0.25) is 5.02 Å². The highest BCUT2D eigenvalue weighted by molar-refractivity contribution is 7.99. The van der Waals surface area contributed by atoms with Gasteiger partial charge in [-0.05, 0) is 44.0 Å². The molecule has 2 aromatic carbocycles. The van der Waals surface area contributed by atoms with E-state index >= 15 is 0 Å². The van der Waals surface area contributed by atoms with Crippen molar-refractivity contribution >= 4 is 51.6 Å². The third kappa shape index (κ3) is 6.20. The molecule has 2 aromatic heterocycles. The molecule has 0 spiro atoms. The van der Waals surface area contributed by atoms with E-state index in [1.54, 1.807) is 6.07 Å². The zero-order chi connectivity index (χ0) is 27.2. The Labute approximate surface area is 234 Å². The summed E-state index contributed by atoms with van der Waals surface area (Å²) in [4.78, 5) is 26.5. The Morgan fingerprint density at radius 3 is 2.61 bits per heavy atom. The van der Waals surface area contributed by atoms with Crippen molar-refractivity contribution in [1.82, 2.24) is 14.8 Å². The number of aryl methyl sites for hydroxylation is 2. The number of thioether (sulfide) groups is 1. The van der Waals surface area contributed by atoms with Crippen LogP contribution in [0.1, 0.15) is 33.5 Å². The van der Waals surface area contributed by atoms with E-state index < -0.39 is 5.97 Å². The van der Waals surface area contributed by atoms with E-state index in [-0.39, 0.29) is 18.3 Å². The van der Waals surface area contributed by atoms with Gasteiger partial charge in [0, 0.05) is 17.0 Å². The van der Waals surface area contributed by atoms with Gasteiger partial charge in [0.15, 0.2) is 11.0 Å². The summed E-state index contributed by atoms with van der Waals surface area (Å²) in [6, 6.07) is 15.1. The normalized spacial score (nSPS) is 10.9. The molecule has 0 atom stereocenters. The average molecular weight is 571 g/mol. The van der Waals surface area contributed by atoms with Gasteiger partial charge in [-0.25, -0.2) is 4.79 Å². The minimum absolute atomic E-state index is 0.0843. The van der Waals surface area contributed by atoms with E-state index in [4.69, 9.17) is 21.1 Å². The van der Waals surface area contributed by atoms with E-state index in [2.05, 4.69) is 15.5 Å². The molecule has 0 unspecified atom stereocenters. The largest absolute Gasteiger partial charge is 0.484 e. The van der Waals surface area contributed by atoms with Gasteiger partial charge in [-0.1, -0.05) is 59.8 Å². The number of carbonyl (C=O) groups is 2. The number of carbonyl (C=O) groups excluding carboxylic acids is 2. The van der Waals surface area contributed by atoms with Gasteiger partial charge in [0.25, 0.3) is 0 Å². The number of halogens is 1. The summed E-state index contributed by atoms with van der Waals surface area (Å²) in [5.41, 5.74) is 3.03. The van der Waals surface area contributed by atoms with Crippen molar-refractivity contribution in [2.75, 3.05) is 18.2 Å². The Hall–Kier alpha value is -3.34. The van der Waals surface area contributed by atoms with Crippen LogP contribution in [0.15, 0.2) is 53.7 Å². The fraction of sp³-hybridized carbons (Fsp3) is 0.259. The van der Waals surface area contributed by atoms with Gasteiger partial charge in [-0.15, -0.1) is 21.5 Å². The van der Waals surface area contributed by atoms with Gasteiger partial charge >= 0.3 is 5.97 Å². The van der Waals surface area contributed by atoms with Gasteiger partial charge in [-0.2, -0.15) is 0 Å². The quantitative estimate of drug-likeness (QED) is 0.174. The Morgan fingerprint density at radius 1 is 1.13 bits per heavy atom. The molecule has 0 fully saturated rings. The van der Waals surface area contributed by atoms with Gasteiger partial charge in [0.1, 0.15) is 22.9 Å². The molecule has 38 heavy (non-hydrogen) atoms. The van der Waals surface area contributed by atoms with Crippen molar-refractivity contribution in [3.63, 3.8) is 0 Å². The number of amides is 1. The highest BCUT2D eigenvalue weighted by Gasteiger charge is 2.25. The molecule has 1 N–H and O–H groups in total. The first kappa shape index (κ1) is 27.7. The van der Waals surface area contributed by atoms with Crippen LogP contribution in [0, 0.1) is 13.8 Å². The molecule has 4 aromatic rings. The highest BCUT2D eigenvalue weighted by Crippen LogP contribution is 2.40. The molecule has 1 amide bonds. The zero-order valence-corrected chi connectivity index (χ0v) is 23.8. The molecule has 0 radical (unpaired) electrons. The first-order chi connectivity index (χ1) is 18.3. The standard InChI is InChI=1S/C27H27ClN4O4S2/c1-5-32-21(14-36-20-13-16(2)11-12-19(20)28)30-31-27(32)37-15-22(33)29-25-24(26(34)35-4)23(17(3)38-25)18-9-7-6-8-10-18/h6-13H,5,14-15H2,1-4H3,(H,29,33). The van der Waals surface area contributed by atoms with Crippen molar-refractivity contribution in [3.05, 3.63) is 75.4 Å². The lowest BCUT2D eigenvalue weighted by atomic mass is 10.0. The predicted molar refractivity (Wildman–Crippen MR) is 151 cm³/mol. The molecule has 0 saturated carbocycles. The number of anilines is 1. The monoisotopic (exact) mass is 570 g/mol. The molecule has 2 heterocycles. The second-order valence-corrected chi connectivity index (χ2v) is 10.9. The third-order valence-corrected chi connectivity index (χ3v) is 7.97. The van der Waals surface area contributed by atoms with Gasteiger partial charge in [-0.3, -0.25) is 4.79 Å². The number of nitrogens with zero attached hydrogens (tertiary/aromatic N) is 3. The predicted octanol–water partition coefficient (Wildman–Crippen LogP) is 6.39. The third-order valence-electron chi connectivity index (χ3n) is 5.67. The maximum atomic E-state index is 12.9. The zero-order valence-electron chi connectivity index (χ0n) is 21.4. The van der Waals surface area contributed by atoms with E-state index in [0.29, 0.717) is 38.9 Å². The topological polar surface area (TPSA) is 95.3 Å². The van der Waals surface area contributed by atoms with Crippen LogP contribution >= 0.6 is 34.7 Å².